The average molecular weight is 225 g/mol. The highest BCUT2D eigenvalue weighted by molar-refractivity contribution is 6.21. The standard InChI is InChI=1S/C12H17ClN2/c1-12(2)9-15(8-11(12)13)7-10-5-3-4-6-14-10/h3-6,11H,7-9H2,1-2H3. The molecule has 0 aliphatic carbocycles. The number of rotatable bonds is 2. The third kappa shape index (κ3) is 2.50. The number of alkyl halides is 1. The zero-order chi connectivity index (χ0) is 10.9. The van der Waals surface area contributed by atoms with Gasteiger partial charge >= 0.3 is 0 Å². The maximum absolute atomic E-state index is 6.30. The molecule has 2 heterocycles. The molecule has 0 amide bonds. The quantitative estimate of drug-likeness (QED) is 0.718. The molecule has 1 unspecified atom stereocenters. The molecule has 0 N–H and O–H groups in total. The fraction of sp³-hybridized carbons (Fsp3) is 0.583. The van der Waals surface area contributed by atoms with E-state index in [0.29, 0.717) is 0 Å². The van der Waals surface area contributed by atoms with E-state index in [0.717, 1.165) is 25.3 Å². The van der Waals surface area contributed by atoms with E-state index in [2.05, 4.69) is 29.8 Å². The van der Waals surface area contributed by atoms with Gasteiger partial charge in [0.1, 0.15) is 0 Å². The molecule has 1 fully saturated rings. The predicted octanol–water partition coefficient (Wildman–Crippen LogP) is 2.53. The summed E-state index contributed by atoms with van der Waals surface area (Å²) in [6.45, 7) is 7.38. The molecule has 2 nitrogen and oxygen atoms in total. The molecule has 1 atom stereocenters. The molecule has 3 heteroatoms. The van der Waals surface area contributed by atoms with Gasteiger partial charge in [-0.1, -0.05) is 19.9 Å². The lowest BCUT2D eigenvalue weighted by Gasteiger charge is -2.20. The highest BCUT2D eigenvalue weighted by Crippen LogP contribution is 2.33. The van der Waals surface area contributed by atoms with Gasteiger partial charge in [0.2, 0.25) is 0 Å². The number of hydrogen-bond acceptors (Lipinski definition) is 2. The molecule has 1 aliphatic rings. The van der Waals surface area contributed by atoms with Crippen LogP contribution in [-0.4, -0.2) is 28.4 Å². The molecular formula is C12H17ClN2. The lowest BCUT2D eigenvalue weighted by Crippen LogP contribution is -2.24. The number of hydrogen-bond donors (Lipinski definition) is 0. The van der Waals surface area contributed by atoms with Crippen molar-refractivity contribution in [3.05, 3.63) is 30.1 Å². The number of aromatic nitrogens is 1. The minimum absolute atomic E-state index is 0.219. The number of pyridine rings is 1. The van der Waals surface area contributed by atoms with Crippen molar-refractivity contribution in [3.8, 4) is 0 Å². The molecule has 0 radical (unpaired) electrons. The van der Waals surface area contributed by atoms with Crippen molar-refractivity contribution in [1.29, 1.82) is 0 Å². The second kappa shape index (κ2) is 4.11. The second-order valence-electron chi connectivity index (χ2n) is 4.95. The van der Waals surface area contributed by atoms with Crippen LogP contribution in [0.4, 0.5) is 0 Å². The first-order chi connectivity index (χ1) is 7.08. The molecule has 0 saturated carbocycles. The van der Waals surface area contributed by atoms with Crippen LogP contribution in [0.25, 0.3) is 0 Å². The lowest BCUT2D eigenvalue weighted by molar-refractivity contribution is 0.282. The van der Waals surface area contributed by atoms with Crippen LogP contribution in [0.15, 0.2) is 24.4 Å². The highest BCUT2D eigenvalue weighted by atomic mass is 35.5. The fourth-order valence-corrected chi connectivity index (χ4v) is 2.32. The van der Waals surface area contributed by atoms with Gasteiger partial charge in [0.15, 0.2) is 0 Å². The molecule has 15 heavy (non-hydrogen) atoms. The third-order valence-electron chi connectivity index (χ3n) is 3.01. The van der Waals surface area contributed by atoms with Crippen molar-refractivity contribution in [2.45, 2.75) is 25.8 Å². The predicted molar refractivity (Wildman–Crippen MR) is 62.9 cm³/mol. The average Bonchev–Trinajstić information content (AvgIpc) is 2.42. The Bertz CT molecular complexity index is 324. The summed E-state index contributed by atoms with van der Waals surface area (Å²) in [5.41, 5.74) is 1.34. The van der Waals surface area contributed by atoms with Crippen molar-refractivity contribution in [2.75, 3.05) is 13.1 Å². The van der Waals surface area contributed by atoms with Gasteiger partial charge in [-0.05, 0) is 17.5 Å². The fourth-order valence-electron chi connectivity index (χ4n) is 2.05. The molecule has 0 spiro atoms. The molecule has 1 aromatic heterocycles. The van der Waals surface area contributed by atoms with Crippen molar-refractivity contribution in [3.63, 3.8) is 0 Å². The normalized spacial score (nSPS) is 25.7. The first-order valence-electron chi connectivity index (χ1n) is 5.34. The zero-order valence-electron chi connectivity index (χ0n) is 9.28. The molecule has 1 aliphatic heterocycles. The minimum atomic E-state index is 0.219. The second-order valence-corrected chi connectivity index (χ2v) is 5.47. The van der Waals surface area contributed by atoms with Crippen LogP contribution in [0.1, 0.15) is 19.5 Å². The van der Waals surface area contributed by atoms with E-state index < -0.39 is 0 Å². The van der Waals surface area contributed by atoms with E-state index in [-0.39, 0.29) is 10.8 Å². The lowest BCUT2D eigenvalue weighted by atomic mass is 9.92. The highest BCUT2D eigenvalue weighted by Gasteiger charge is 2.37. The largest absolute Gasteiger partial charge is 0.295 e. The van der Waals surface area contributed by atoms with E-state index >= 15 is 0 Å². The smallest absolute Gasteiger partial charge is 0.0543 e. The molecule has 2 rings (SSSR count). The third-order valence-corrected chi connectivity index (χ3v) is 3.74. The molecule has 0 bridgehead atoms. The Balaban J connectivity index is 1.99. The van der Waals surface area contributed by atoms with E-state index in [1.54, 1.807) is 0 Å². The summed E-state index contributed by atoms with van der Waals surface area (Å²) in [5.74, 6) is 0. The zero-order valence-corrected chi connectivity index (χ0v) is 10.0. The Kier molecular flexibility index (Phi) is 2.98. The van der Waals surface area contributed by atoms with Gasteiger partial charge in [-0.2, -0.15) is 0 Å². The summed E-state index contributed by atoms with van der Waals surface area (Å²) in [6, 6.07) is 6.04. The summed E-state index contributed by atoms with van der Waals surface area (Å²) >= 11 is 6.30. The summed E-state index contributed by atoms with van der Waals surface area (Å²) in [4.78, 5) is 6.71. The summed E-state index contributed by atoms with van der Waals surface area (Å²) in [7, 11) is 0. The van der Waals surface area contributed by atoms with Gasteiger partial charge in [-0.3, -0.25) is 9.88 Å². The topological polar surface area (TPSA) is 16.1 Å². The van der Waals surface area contributed by atoms with Crippen molar-refractivity contribution >= 4 is 11.6 Å². The van der Waals surface area contributed by atoms with Crippen molar-refractivity contribution < 1.29 is 0 Å². The first-order valence-corrected chi connectivity index (χ1v) is 5.78. The molecule has 1 aromatic rings. The van der Waals surface area contributed by atoms with Crippen molar-refractivity contribution in [1.82, 2.24) is 9.88 Å². The Morgan fingerprint density at radius 3 is 2.87 bits per heavy atom. The SMILES string of the molecule is CC1(C)CN(Cc2ccccn2)CC1Cl. The van der Waals surface area contributed by atoms with E-state index in [9.17, 15) is 0 Å². The number of nitrogens with zero attached hydrogens (tertiary/aromatic N) is 2. The maximum Gasteiger partial charge on any atom is 0.0543 e. The van der Waals surface area contributed by atoms with Crippen LogP contribution < -0.4 is 0 Å². The minimum Gasteiger partial charge on any atom is -0.295 e. The van der Waals surface area contributed by atoms with Crippen LogP contribution in [0, 0.1) is 5.41 Å². The summed E-state index contributed by atoms with van der Waals surface area (Å²) < 4.78 is 0. The summed E-state index contributed by atoms with van der Waals surface area (Å²) in [6.07, 6.45) is 1.84. The Morgan fingerprint density at radius 2 is 2.33 bits per heavy atom. The van der Waals surface area contributed by atoms with Gasteiger partial charge in [0.25, 0.3) is 0 Å². The Labute approximate surface area is 96.3 Å². The Hall–Kier alpha value is -0.600. The van der Waals surface area contributed by atoms with Crippen LogP contribution in [0.3, 0.4) is 0 Å². The van der Waals surface area contributed by atoms with Crippen LogP contribution in [0.5, 0.6) is 0 Å². The molecular weight excluding hydrogens is 208 g/mol. The number of likely N-dealkylation sites (tertiary alicyclic amines) is 1. The van der Waals surface area contributed by atoms with E-state index in [1.165, 1.54) is 0 Å². The van der Waals surface area contributed by atoms with Gasteiger partial charge in [-0.25, -0.2) is 0 Å². The van der Waals surface area contributed by atoms with E-state index in [1.807, 2.05) is 18.3 Å². The molecule has 82 valence electrons. The van der Waals surface area contributed by atoms with Crippen LogP contribution in [-0.2, 0) is 6.54 Å². The van der Waals surface area contributed by atoms with Gasteiger partial charge < -0.3 is 0 Å². The first kappa shape index (κ1) is 10.9. The van der Waals surface area contributed by atoms with Gasteiger partial charge in [-0.15, -0.1) is 11.6 Å². The van der Waals surface area contributed by atoms with Gasteiger partial charge in [0, 0.05) is 25.8 Å². The Morgan fingerprint density at radius 1 is 1.53 bits per heavy atom. The monoisotopic (exact) mass is 224 g/mol. The molecule has 0 aromatic carbocycles. The van der Waals surface area contributed by atoms with Gasteiger partial charge in [0.05, 0.1) is 11.1 Å². The summed E-state index contributed by atoms with van der Waals surface area (Å²) in [5, 5.41) is 0.251. The number of halogens is 1. The van der Waals surface area contributed by atoms with Crippen LogP contribution >= 0.6 is 11.6 Å². The molecule has 1 saturated heterocycles. The van der Waals surface area contributed by atoms with Crippen LogP contribution in [0.2, 0.25) is 0 Å². The maximum atomic E-state index is 6.30. The van der Waals surface area contributed by atoms with E-state index in [4.69, 9.17) is 11.6 Å². The van der Waals surface area contributed by atoms with Crippen molar-refractivity contribution in [2.24, 2.45) is 5.41 Å².